The Balaban J connectivity index is 1.97. The van der Waals surface area contributed by atoms with Gasteiger partial charge in [0, 0.05) is 11.6 Å². The second kappa shape index (κ2) is 12.5. The molecule has 10 nitrogen and oxygen atoms in total. The van der Waals surface area contributed by atoms with Crippen LogP contribution in [-0.4, -0.2) is 50.0 Å². The third kappa shape index (κ3) is 7.55. The Morgan fingerprint density at radius 1 is 1.05 bits per heavy atom. The monoisotopic (exact) mass is 601 g/mol. The molecular weight excluding hydrogens is 558 g/mol. The summed E-state index contributed by atoms with van der Waals surface area (Å²) in [5, 5.41) is 16.4. The molecule has 230 valence electrons. The molecule has 2 amide bonds. The highest BCUT2D eigenvalue weighted by Crippen LogP contribution is 2.46. The van der Waals surface area contributed by atoms with E-state index in [0.29, 0.717) is 28.9 Å². The zero-order valence-electron chi connectivity index (χ0n) is 25.3. The van der Waals surface area contributed by atoms with E-state index in [-0.39, 0.29) is 17.4 Å². The summed E-state index contributed by atoms with van der Waals surface area (Å²) in [5.41, 5.74) is 3.00. The maximum atomic E-state index is 13.3. The van der Waals surface area contributed by atoms with Crippen LogP contribution in [0.15, 0.2) is 18.2 Å². The highest BCUT2D eigenvalue weighted by Gasteiger charge is 2.35. The van der Waals surface area contributed by atoms with Crippen molar-refractivity contribution >= 4 is 33.4 Å². The number of carboxylic acids is 1. The summed E-state index contributed by atoms with van der Waals surface area (Å²) in [5.74, 6) is -0.432. The molecule has 1 unspecified atom stereocenters. The Hall–Kier alpha value is -3.31. The van der Waals surface area contributed by atoms with Crippen LogP contribution in [0.2, 0.25) is 0 Å². The third-order valence-corrected chi connectivity index (χ3v) is 8.24. The molecule has 1 saturated carbocycles. The van der Waals surface area contributed by atoms with Crippen LogP contribution in [0.3, 0.4) is 0 Å². The zero-order valence-corrected chi connectivity index (χ0v) is 26.2. The average Bonchev–Trinajstić information content (AvgIpc) is 2.90. The van der Waals surface area contributed by atoms with Gasteiger partial charge in [-0.3, -0.25) is 4.72 Å². The minimum Gasteiger partial charge on any atom is -0.493 e. The number of aliphatic carboxylic acids is 1. The van der Waals surface area contributed by atoms with Crippen LogP contribution < -0.4 is 20.1 Å². The predicted octanol–water partition coefficient (Wildman–Crippen LogP) is 6.06. The second-order valence-corrected chi connectivity index (χ2v) is 14.1. The molecule has 42 heavy (non-hydrogen) atoms. The van der Waals surface area contributed by atoms with Gasteiger partial charge in [0.25, 0.3) is 0 Å². The number of carbonyl (C=O) groups excluding carboxylic acids is 1. The molecule has 0 bridgehead atoms. The minimum absolute atomic E-state index is 0.0300. The van der Waals surface area contributed by atoms with E-state index in [0.717, 1.165) is 68.1 Å². The van der Waals surface area contributed by atoms with Crippen LogP contribution in [0.25, 0.3) is 11.1 Å². The van der Waals surface area contributed by atoms with E-state index in [1.807, 2.05) is 18.2 Å². The fraction of sp³-hybridized carbons (Fsp3) is 0.548. The van der Waals surface area contributed by atoms with Crippen LogP contribution in [0.5, 0.6) is 5.75 Å². The van der Waals surface area contributed by atoms with Crippen molar-refractivity contribution in [2.75, 3.05) is 22.9 Å². The lowest BCUT2D eigenvalue weighted by Gasteiger charge is -2.31. The molecule has 1 aliphatic carbocycles. The summed E-state index contributed by atoms with van der Waals surface area (Å²) >= 11 is 0. The van der Waals surface area contributed by atoms with Crippen LogP contribution >= 0.6 is 0 Å². The molecular formula is C31H43N3O7S. The standard InChI is InChI=1S/C31H43N3O7S/c1-18-24(21-14-15-23-20(17-21)11-10-16-40-23)25(28(29(35)36)41-31(3,4)5)19(2)27(34-42(6,38)39)26(18)33-30(37)32-22-12-8-7-9-13-22/h14-15,17,22,28,34H,7-13,16H2,1-6H3,(H,35,36)(H2,32,33,37). The molecule has 2 aromatic carbocycles. The van der Waals surface area contributed by atoms with E-state index in [1.54, 1.807) is 34.6 Å². The number of sulfonamides is 1. The lowest BCUT2D eigenvalue weighted by atomic mass is 9.85. The molecule has 2 aromatic rings. The molecule has 1 atom stereocenters. The van der Waals surface area contributed by atoms with Crippen molar-refractivity contribution in [1.82, 2.24) is 5.32 Å². The highest BCUT2D eigenvalue weighted by atomic mass is 32.2. The number of hydrogen-bond acceptors (Lipinski definition) is 6. The summed E-state index contributed by atoms with van der Waals surface area (Å²) in [7, 11) is -3.82. The van der Waals surface area contributed by atoms with Gasteiger partial charge in [-0.05, 0) is 100 Å². The van der Waals surface area contributed by atoms with E-state index in [1.165, 1.54) is 0 Å². The van der Waals surface area contributed by atoms with Gasteiger partial charge in [0.2, 0.25) is 10.0 Å². The third-order valence-electron chi connectivity index (χ3n) is 7.67. The summed E-state index contributed by atoms with van der Waals surface area (Å²) in [6, 6.07) is 5.29. The molecule has 0 saturated heterocycles. The molecule has 0 aromatic heterocycles. The van der Waals surface area contributed by atoms with Gasteiger partial charge in [0.15, 0.2) is 6.10 Å². The number of hydrogen-bond donors (Lipinski definition) is 4. The summed E-state index contributed by atoms with van der Waals surface area (Å²) in [6.07, 6.45) is 6.24. The molecule has 1 aliphatic heterocycles. The summed E-state index contributed by atoms with van der Waals surface area (Å²) < 4.78 is 39.6. The van der Waals surface area contributed by atoms with E-state index in [4.69, 9.17) is 9.47 Å². The molecule has 0 spiro atoms. The number of fused-ring (bicyclic) bond motifs is 1. The average molecular weight is 602 g/mol. The number of anilines is 2. The van der Waals surface area contributed by atoms with Gasteiger partial charge in [0.1, 0.15) is 5.75 Å². The van der Waals surface area contributed by atoms with E-state index in [9.17, 15) is 23.1 Å². The Bertz CT molecular complexity index is 1460. The Labute approximate surface area is 248 Å². The van der Waals surface area contributed by atoms with Gasteiger partial charge in [0.05, 0.1) is 29.8 Å². The maximum absolute atomic E-state index is 13.3. The first-order valence-electron chi connectivity index (χ1n) is 14.5. The van der Waals surface area contributed by atoms with Crippen LogP contribution in [-0.2, 0) is 26.0 Å². The van der Waals surface area contributed by atoms with Crippen molar-refractivity contribution in [3.63, 3.8) is 0 Å². The molecule has 11 heteroatoms. The number of benzene rings is 2. The molecule has 2 aliphatic rings. The number of amides is 2. The van der Waals surface area contributed by atoms with Gasteiger partial charge >= 0.3 is 12.0 Å². The number of rotatable bonds is 8. The van der Waals surface area contributed by atoms with Crippen molar-refractivity contribution in [3.8, 4) is 16.9 Å². The van der Waals surface area contributed by atoms with Crippen molar-refractivity contribution in [2.24, 2.45) is 0 Å². The Morgan fingerprint density at radius 2 is 1.74 bits per heavy atom. The maximum Gasteiger partial charge on any atom is 0.337 e. The number of nitrogens with one attached hydrogen (secondary N) is 3. The largest absolute Gasteiger partial charge is 0.493 e. The molecule has 1 fully saturated rings. The minimum atomic E-state index is -3.82. The molecule has 4 rings (SSSR count). The van der Waals surface area contributed by atoms with Crippen LogP contribution in [0.1, 0.15) is 87.7 Å². The van der Waals surface area contributed by atoms with Crippen molar-refractivity contribution in [1.29, 1.82) is 0 Å². The number of ether oxygens (including phenoxy) is 2. The Morgan fingerprint density at radius 3 is 2.36 bits per heavy atom. The SMILES string of the molecule is Cc1c(NC(=O)NC2CCCCC2)c(NS(C)(=O)=O)c(C)c(C(OC(C)(C)C)C(=O)O)c1-c1ccc2c(c1)CCCO2. The van der Waals surface area contributed by atoms with Gasteiger partial charge in [-0.1, -0.05) is 25.3 Å². The number of aryl methyl sites for hydroxylation is 1. The van der Waals surface area contributed by atoms with Crippen molar-refractivity contribution < 1.29 is 32.6 Å². The predicted molar refractivity (Wildman–Crippen MR) is 164 cm³/mol. The number of urea groups is 1. The fourth-order valence-electron chi connectivity index (χ4n) is 5.88. The zero-order chi connectivity index (χ0) is 30.8. The van der Waals surface area contributed by atoms with Crippen LogP contribution in [0, 0.1) is 13.8 Å². The van der Waals surface area contributed by atoms with Gasteiger partial charge in [-0.2, -0.15) is 0 Å². The lowest BCUT2D eigenvalue weighted by molar-refractivity contribution is -0.160. The lowest BCUT2D eigenvalue weighted by Crippen LogP contribution is -2.39. The first kappa shape index (κ1) is 31.6. The van der Waals surface area contributed by atoms with Gasteiger partial charge in [-0.25, -0.2) is 18.0 Å². The topological polar surface area (TPSA) is 143 Å². The first-order chi connectivity index (χ1) is 19.6. The van der Waals surface area contributed by atoms with E-state index >= 15 is 0 Å². The van der Waals surface area contributed by atoms with Crippen molar-refractivity contribution in [3.05, 3.63) is 40.5 Å². The molecule has 4 N–H and O–H groups in total. The van der Waals surface area contributed by atoms with Gasteiger partial charge < -0.3 is 25.2 Å². The normalized spacial score (nSPS) is 16.6. The van der Waals surface area contributed by atoms with Crippen LogP contribution in [0.4, 0.5) is 16.2 Å². The number of carboxylic acid groups (broad SMARTS) is 1. The second-order valence-electron chi connectivity index (χ2n) is 12.3. The summed E-state index contributed by atoms with van der Waals surface area (Å²) in [4.78, 5) is 26.1. The van der Waals surface area contributed by atoms with Gasteiger partial charge in [-0.15, -0.1) is 0 Å². The molecule has 0 radical (unpaired) electrons. The van der Waals surface area contributed by atoms with Crippen molar-refractivity contribution in [2.45, 2.75) is 97.3 Å². The highest BCUT2D eigenvalue weighted by molar-refractivity contribution is 7.92. The van der Waals surface area contributed by atoms with E-state index in [2.05, 4.69) is 15.4 Å². The quantitative estimate of drug-likeness (QED) is 0.288. The first-order valence-corrected chi connectivity index (χ1v) is 16.4. The summed E-state index contributed by atoms with van der Waals surface area (Å²) in [6.45, 7) is 9.34. The smallest absolute Gasteiger partial charge is 0.337 e. The van der Waals surface area contributed by atoms with E-state index < -0.39 is 33.7 Å². The Kier molecular flexibility index (Phi) is 9.42. The number of carbonyl (C=O) groups is 2. The molecule has 1 heterocycles. The fourth-order valence-corrected chi connectivity index (χ4v) is 6.50.